The van der Waals surface area contributed by atoms with Crippen molar-refractivity contribution in [3.05, 3.63) is 58.6 Å². The molecule has 0 spiro atoms. The van der Waals surface area contributed by atoms with E-state index in [1.165, 1.54) is 37.7 Å². The molecule has 1 aliphatic carbocycles. The molecule has 2 aromatic carbocycles. The SMILES string of the molecule is C1CCCC1.C=O.CCc1cccc(-c2c(Cl)cccc2C(O)(CCCCOC)C2CCCN(C)C2)c1. The largest absolute Gasteiger partial charge is 0.385 e. The lowest BCUT2D eigenvalue weighted by atomic mass is 9.72. The van der Waals surface area contributed by atoms with Crippen LogP contribution >= 0.6 is 11.6 Å². The van der Waals surface area contributed by atoms with Crippen LogP contribution in [0.15, 0.2) is 42.5 Å². The molecule has 1 N–H and O–H groups in total. The van der Waals surface area contributed by atoms with Crippen molar-refractivity contribution in [2.75, 3.05) is 33.9 Å². The van der Waals surface area contributed by atoms with Gasteiger partial charge in [-0.25, -0.2) is 0 Å². The molecule has 5 heteroatoms. The van der Waals surface area contributed by atoms with Crippen molar-refractivity contribution in [1.29, 1.82) is 0 Å². The molecule has 2 aliphatic rings. The van der Waals surface area contributed by atoms with Crippen LogP contribution in [0.5, 0.6) is 0 Å². The molecule has 1 saturated carbocycles. The predicted octanol–water partition coefficient (Wildman–Crippen LogP) is 7.68. The second-order valence-corrected chi connectivity index (χ2v) is 10.9. The van der Waals surface area contributed by atoms with Gasteiger partial charge in [-0.2, -0.15) is 0 Å². The minimum Gasteiger partial charge on any atom is -0.385 e. The van der Waals surface area contributed by atoms with Crippen molar-refractivity contribution >= 4 is 18.4 Å². The summed E-state index contributed by atoms with van der Waals surface area (Å²) in [7, 11) is 3.89. The van der Waals surface area contributed by atoms with Gasteiger partial charge in [0.2, 0.25) is 0 Å². The highest BCUT2D eigenvalue weighted by Crippen LogP contribution is 2.45. The van der Waals surface area contributed by atoms with Gasteiger partial charge in [-0.1, -0.05) is 87.0 Å². The van der Waals surface area contributed by atoms with E-state index >= 15 is 0 Å². The Labute approximate surface area is 230 Å². The van der Waals surface area contributed by atoms with Crippen molar-refractivity contribution in [3.8, 4) is 11.1 Å². The zero-order valence-electron chi connectivity index (χ0n) is 23.3. The van der Waals surface area contributed by atoms with Gasteiger partial charge in [0.05, 0.1) is 5.60 Å². The fourth-order valence-corrected chi connectivity index (χ4v) is 6.05. The zero-order chi connectivity index (χ0) is 27.1. The number of nitrogens with zero attached hydrogens (tertiary/aromatic N) is 1. The number of carbonyl (C=O) groups excluding carboxylic acids is 1. The molecular formula is C32H48ClNO3. The Morgan fingerprint density at radius 2 is 1.73 bits per heavy atom. The van der Waals surface area contributed by atoms with Gasteiger partial charge < -0.3 is 19.5 Å². The number of hydrogen-bond donors (Lipinski definition) is 1. The van der Waals surface area contributed by atoms with E-state index in [0.29, 0.717) is 5.02 Å². The molecule has 2 unspecified atom stereocenters. The fraction of sp³-hybridized carbons (Fsp3) is 0.594. The number of benzene rings is 2. The molecule has 0 radical (unpaired) electrons. The summed E-state index contributed by atoms with van der Waals surface area (Å²) in [6.45, 7) is 6.89. The number of ether oxygens (including phenoxy) is 1. The van der Waals surface area contributed by atoms with Gasteiger partial charge in [-0.15, -0.1) is 0 Å². The molecule has 0 bridgehead atoms. The minimum atomic E-state index is -0.912. The Kier molecular flexibility index (Phi) is 14.5. The van der Waals surface area contributed by atoms with Crippen molar-refractivity contribution < 1.29 is 14.6 Å². The van der Waals surface area contributed by atoms with Crippen LogP contribution in [-0.2, 0) is 21.6 Å². The van der Waals surface area contributed by atoms with Gasteiger partial charge in [-0.05, 0) is 74.9 Å². The van der Waals surface area contributed by atoms with Gasteiger partial charge in [0, 0.05) is 36.8 Å². The van der Waals surface area contributed by atoms with E-state index < -0.39 is 5.60 Å². The number of halogens is 1. The number of unbranched alkanes of at least 4 members (excludes halogenated alkanes) is 1. The van der Waals surface area contributed by atoms with Gasteiger partial charge in [0.1, 0.15) is 6.79 Å². The maximum absolute atomic E-state index is 12.3. The van der Waals surface area contributed by atoms with Gasteiger partial charge in [-0.3, -0.25) is 0 Å². The van der Waals surface area contributed by atoms with Gasteiger partial charge in [0.25, 0.3) is 0 Å². The van der Waals surface area contributed by atoms with Crippen LogP contribution in [0.2, 0.25) is 5.02 Å². The number of methoxy groups -OCH3 is 1. The van der Waals surface area contributed by atoms with E-state index in [9.17, 15) is 5.11 Å². The summed E-state index contributed by atoms with van der Waals surface area (Å²) >= 11 is 6.78. The quantitative estimate of drug-likeness (QED) is 0.338. The Balaban J connectivity index is 0.000000602. The van der Waals surface area contributed by atoms with Crippen LogP contribution in [0.1, 0.15) is 82.3 Å². The van der Waals surface area contributed by atoms with Crippen molar-refractivity contribution in [1.82, 2.24) is 4.90 Å². The van der Waals surface area contributed by atoms with Crippen molar-refractivity contribution in [3.63, 3.8) is 0 Å². The topological polar surface area (TPSA) is 49.8 Å². The molecule has 4 nitrogen and oxygen atoms in total. The molecule has 1 heterocycles. The molecule has 0 amide bonds. The van der Waals surface area contributed by atoms with Crippen molar-refractivity contribution in [2.24, 2.45) is 5.92 Å². The third-order valence-corrected chi connectivity index (χ3v) is 8.13. The normalized spacial score (nSPS) is 19.2. The molecule has 1 aliphatic heterocycles. The summed E-state index contributed by atoms with van der Waals surface area (Å²) in [5, 5.41) is 13.0. The van der Waals surface area contributed by atoms with E-state index in [0.717, 1.165) is 74.9 Å². The molecule has 2 atom stereocenters. The molecule has 4 rings (SSSR count). The molecule has 0 aromatic heterocycles. The van der Waals surface area contributed by atoms with Crippen LogP contribution in [0.4, 0.5) is 0 Å². The van der Waals surface area contributed by atoms with Crippen LogP contribution in [0.25, 0.3) is 11.1 Å². The third kappa shape index (κ3) is 9.21. The van der Waals surface area contributed by atoms with E-state index in [1.54, 1.807) is 7.11 Å². The summed E-state index contributed by atoms with van der Waals surface area (Å²) in [4.78, 5) is 10.3. The predicted molar refractivity (Wildman–Crippen MR) is 156 cm³/mol. The first-order valence-corrected chi connectivity index (χ1v) is 14.4. The molecule has 1 saturated heterocycles. The molecule has 2 fully saturated rings. The lowest BCUT2D eigenvalue weighted by Gasteiger charge is -2.43. The van der Waals surface area contributed by atoms with Crippen LogP contribution in [0.3, 0.4) is 0 Å². The van der Waals surface area contributed by atoms with Crippen molar-refractivity contribution in [2.45, 2.75) is 83.2 Å². The number of aryl methyl sites for hydroxylation is 1. The molecule has 2 aromatic rings. The maximum Gasteiger partial charge on any atom is 0.106 e. The second-order valence-electron chi connectivity index (χ2n) is 10.5. The maximum atomic E-state index is 12.3. The standard InChI is InChI=1S/C26H36ClNO2.C5H10.CH2O/c1-4-20-10-7-11-21(18-20)25-23(13-8-14-24(25)27)26(29,15-5-6-17-30-3)22-12-9-16-28(2)19-22;1-2-4-5-3-1;1-2/h7-8,10-11,13-14,18,22,29H,4-6,9,12,15-17,19H2,1-3H3;1-5H2;1H2. The molecule has 37 heavy (non-hydrogen) atoms. The van der Waals surface area contributed by atoms with Gasteiger partial charge in [0.15, 0.2) is 0 Å². The second kappa shape index (κ2) is 17.0. The van der Waals surface area contributed by atoms with Crippen LogP contribution in [-0.4, -0.2) is 50.6 Å². The number of aliphatic hydroxyl groups is 1. The number of hydrogen-bond acceptors (Lipinski definition) is 4. The average Bonchev–Trinajstić information content (AvgIpc) is 3.53. The lowest BCUT2D eigenvalue weighted by molar-refractivity contribution is -0.0980. The zero-order valence-corrected chi connectivity index (χ0v) is 24.1. The lowest BCUT2D eigenvalue weighted by Crippen LogP contribution is -2.45. The Morgan fingerprint density at radius 3 is 2.35 bits per heavy atom. The van der Waals surface area contributed by atoms with Crippen LogP contribution in [0, 0.1) is 5.92 Å². The number of piperidine rings is 1. The summed E-state index contributed by atoms with van der Waals surface area (Å²) < 4.78 is 5.25. The first-order chi connectivity index (χ1) is 18.0. The minimum absolute atomic E-state index is 0.186. The number of likely N-dealkylation sites (tertiary alicyclic amines) is 1. The van der Waals surface area contributed by atoms with E-state index in [-0.39, 0.29) is 5.92 Å². The highest BCUT2D eigenvalue weighted by molar-refractivity contribution is 6.33. The monoisotopic (exact) mass is 529 g/mol. The Hall–Kier alpha value is -1.72. The summed E-state index contributed by atoms with van der Waals surface area (Å²) in [6.07, 6.45) is 13.2. The average molecular weight is 530 g/mol. The Morgan fingerprint density at radius 1 is 1.05 bits per heavy atom. The smallest absolute Gasteiger partial charge is 0.106 e. The summed E-state index contributed by atoms with van der Waals surface area (Å²) in [5.41, 5.74) is 3.41. The molecular weight excluding hydrogens is 482 g/mol. The van der Waals surface area contributed by atoms with E-state index in [2.05, 4.69) is 49.2 Å². The van der Waals surface area contributed by atoms with E-state index in [1.807, 2.05) is 18.9 Å². The Bertz CT molecular complexity index is 909. The van der Waals surface area contributed by atoms with E-state index in [4.69, 9.17) is 21.1 Å². The highest BCUT2D eigenvalue weighted by atomic mass is 35.5. The van der Waals surface area contributed by atoms with Gasteiger partial charge >= 0.3 is 0 Å². The highest BCUT2D eigenvalue weighted by Gasteiger charge is 2.41. The number of rotatable bonds is 9. The first-order valence-electron chi connectivity index (χ1n) is 14.1. The summed E-state index contributed by atoms with van der Waals surface area (Å²) in [5.74, 6) is 0.186. The van der Waals surface area contributed by atoms with Crippen LogP contribution < -0.4 is 0 Å². The molecule has 206 valence electrons. The third-order valence-electron chi connectivity index (χ3n) is 7.81. The first kappa shape index (κ1) is 31.5. The fourth-order valence-electron chi connectivity index (χ4n) is 5.76. The summed E-state index contributed by atoms with van der Waals surface area (Å²) in [6, 6.07) is 14.6. The number of carbonyl (C=O) groups is 1.